The summed E-state index contributed by atoms with van der Waals surface area (Å²) in [6, 6.07) is 7.00. The third-order valence-electron chi connectivity index (χ3n) is 3.86. The number of methoxy groups -OCH3 is 1. The van der Waals surface area contributed by atoms with Crippen molar-refractivity contribution in [3.8, 4) is 5.75 Å². The van der Waals surface area contributed by atoms with Gasteiger partial charge in [-0.15, -0.1) is 0 Å². The third-order valence-corrected chi connectivity index (χ3v) is 3.86. The fourth-order valence-corrected chi connectivity index (χ4v) is 3.02. The SMILES string of the molecule is COc1ccc2c(c1)N1C(N)CCC1CC2. The third kappa shape index (κ3) is 1.39. The average Bonchev–Trinajstić information content (AvgIpc) is 2.71. The highest BCUT2D eigenvalue weighted by Crippen LogP contribution is 2.39. The summed E-state index contributed by atoms with van der Waals surface area (Å²) in [5.74, 6) is 0.929. The van der Waals surface area contributed by atoms with Gasteiger partial charge in [-0.3, -0.25) is 0 Å². The summed E-state index contributed by atoms with van der Waals surface area (Å²) < 4.78 is 5.30. The minimum atomic E-state index is 0.191. The standard InChI is InChI=1S/C13H18N2O/c1-16-11-6-3-9-2-4-10-5-7-13(14)15(10)12(9)8-11/h3,6,8,10,13H,2,4-5,7,14H2,1H3. The zero-order valence-corrected chi connectivity index (χ0v) is 9.65. The van der Waals surface area contributed by atoms with Crippen LogP contribution in [0.3, 0.4) is 0 Å². The Kier molecular flexibility index (Phi) is 2.28. The van der Waals surface area contributed by atoms with Crippen molar-refractivity contribution in [2.24, 2.45) is 5.73 Å². The highest BCUT2D eigenvalue weighted by atomic mass is 16.5. The maximum Gasteiger partial charge on any atom is 0.120 e. The van der Waals surface area contributed by atoms with Crippen LogP contribution in [0.4, 0.5) is 5.69 Å². The first-order valence-electron chi connectivity index (χ1n) is 6.00. The van der Waals surface area contributed by atoms with Crippen LogP contribution in [0.15, 0.2) is 18.2 Å². The molecule has 2 heterocycles. The van der Waals surface area contributed by atoms with E-state index in [-0.39, 0.29) is 6.17 Å². The normalized spacial score (nSPS) is 27.5. The van der Waals surface area contributed by atoms with Crippen LogP contribution in [0.2, 0.25) is 0 Å². The van der Waals surface area contributed by atoms with Gasteiger partial charge in [-0.2, -0.15) is 0 Å². The summed E-state index contributed by atoms with van der Waals surface area (Å²) in [6.07, 6.45) is 4.95. The van der Waals surface area contributed by atoms with Gasteiger partial charge >= 0.3 is 0 Å². The molecule has 2 aliphatic heterocycles. The molecule has 0 amide bonds. The van der Waals surface area contributed by atoms with Gasteiger partial charge in [0.25, 0.3) is 0 Å². The van der Waals surface area contributed by atoms with E-state index in [1.165, 1.54) is 30.5 Å². The first kappa shape index (κ1) is 9.97. The Morgan fingerprint density at radius 3 is 3.00 bits per heavy atom. The predicted molar refractivity (Wildman–Crippen MR) is 64.8 cm³/mol. The molecule has 2 unspecified atom stereocenters. The second-order valence-corrected chi connectivity index (χ2v) is 4.74. The molecular weight excluding hydrogens is 200 g/mol. The Hall–Kier alpha value is -1.22. The van der Waals surface area contributed by atoms with E-state index in [1.54, 1.807) is 7.11 Å². The maximum atomic E-state index is 6.18. The monoisotopic (exact) mass is 218 g/mol. The first-order valence-corrected chi connectivity index (χ1v) is 6.00. The summed E-state index contributed by atoms with van der Waals surface area (Å²) in [6.45, 7) is 0. The highest BCUT2D eigenvalue weighted by molar-refractivity contribution is 5.61. The molecule has 1 aromatic rings. The summed E-state index contributed by atoms with van der Waals surface area (Å²) in [4.78, 5) is 2.39. The zero-order chi connectivity index (χ0) is 11.1. The molecule has 0 aliphatic carbocycles. The minimum absolute atomic E-state index is 0.191. The summed E-state index contributed by atoms with van der Waals surface area (Å²) >= 11 is 0. The lowest BCUT2D eigenvalue weighted by molar-refractivity contribution is 0.414. The number of benzene rings is 1. The smallest absolute Gasteiger partial charge is 0.120 e. The first-order chi connectivity index (χ1) is 7.79. The molecule has 2 atom stereocenters. The number of fused-ring (bicyclic) bond motifs is 3. The molecule has 1 fully saturated rings. The van der Waals surface area contributed by atoms with E-state index in [1.807, 2.05) is 6.07 Å². The topological polar surface area (TPSA) is 38.5 Å². The second-order valence-electron chi connectivity index (χ2n) is 4.74. The molecule has 0 saturated carbocycles. The van der Waals surface area contributed by atoms with Crippen molar-refractivity contribution in [3.05, 3.63) is 23.8 Å². The van der Waals surface area contributed by atoms with E-state index in [0.29, 0.717) is 6.04 Å². The molecule has 0 bridgehead atoms. The molecule has 0 radical (unpaired) electrons. The maximum absolute atomic E-state index is 6.18. The number of aryl methyl sites for hydroxylation is 1. The fraction of sp³-hybridized carbons (Fsp3) is 0.538. The molecule has 2 N–H and O–H groups in total. The van der Waals surface area contributed by atoms with Crippen molar-refractivity contribution in [2.45, 2.75) is 37.9 Å². The van der Waals surface area contributed by atoms with Gasteiger partial charge < -0.3 is 15.4 Å². The molecule has 3 nitrogen and oxygen atoms in total. The van der Waals surface area contributed by atoms with Crippen LogP contribution in [0.1, 0.15) is 24.8 Å². The van der Waals surface area contributed by atoms with E-state index < -0.39 is 0 Å². The largest absolute Gasteiger partial charge is 0.497 e. The summed E-state index contributed by atoms with van der Waals surface area (Å²) in [5, 5.41) is 0. The van der Waals surface area contributed by atoms with Gasteiger partial charge in [0.05, 0.1) is 13.3 Å². The Labute approximate surface area is 96.2 Å². The van der Waals surface area contributed by atoms with Crippen molar-refractivity contribution < 1.29 is 4.74 Å². The molecule has 3 heteroatoms. The van der Waals surface area contributed by atoms with Crippen molar-refractivity contribution >= 4 is 5.69 Å². The predicted octanol–water partition coefficient (Wildman–Crippen LogP) is 1.90. The summed E-state index contributed by atoms with van der Waals surface area (Å²) in [7, 11) is 1.71. The molecule has 86 valence electrons. The molecule has 3 rings (SSSR count). The molecule has 0 aromatic heterocycles. The van der Waals surface area contributed by atoms with Gasteiger partial charge in [0.15, 0.2) is 0 Å². The van der Waals surface area contributed by atoms with Crippen LogP contribution in [-0.4, -0.2) is 19.3 Å². The quantitative estimate of drug-likeness (QED) is 0.782. The Morgan fingerprint density at radius 1 is 1.31 bits per heavy atom. The fourth-order valence-electron chi connectivity index (χ4n) is 3.02. The van der Waals surface area contributed by atoms with Crippen molar-refractivity contribution in [2.75, 3.05) is 12.0 Å². The van der Waals surface area contributed by atoms with Gasteiger partial charge in [-0.1, -0.05) is 6.07 Å². The number of nitrogens with zero attached hydrogens (tertiary/aromatic N) is 1. The average molecular weight is 218 g/mol. The van der Waals surface area contributed by atoms with Crippen molar-refractivity contribution in [1.82, 2.24) is 0 Å². The Morgan fingerprint density at radius 2 is 2.19 bits per heavy atom. The lowest BCUT2D eigenvalue weighted by Crippen LogP contribution is -2.44. The van der Waals surface area contributed by atoms with Crippen molar-refractivity contribution in [3.63, 3.8) is 0 Å². The second kappa shape index (κ2) is 3.67. The van der Waals surface area contributed by atoms with Crippen LogP contribution in [0.25, 0.3) is 0 Å². The number of nitrogens with two attached hydrogens (primary N) is 1. The number of hydrogen-bond donors (Lipinski definition) is 1. The van der Waals surface area contributed by atoms with E-state index in [2.05, 4.69) is 17.0 Å². The Balaban J connectivity index is 2.05. The Bertz CT molecular complexity index is 405. The van der Waals surface area contributed by atoms with Gasteiger partial charge in [-0.05, 0) is 37.3 Å². The molecular formula is C13H18N2O. The number of hydrogen-bond acceptors (Lipinski definition) is 3. The number of ether oxygens (including phenoxy) is 1. The van der Waals surface area contributed by atoms with Crippen LogP contribution < -0.4 is 15.4 Å². The van der Waals surface area contributed by atoms with E-state index in [4.69, 9.17) is 10.5 Å². The number of anilines is 1. The van der Waals surface area contributed by atoms with E-state index in [9.17, 15) is 0 Å². The van der Waals surface area contributed by atoms with Crippen molar-refractivity contribution in [1.29, 1.82) is 0 Å². The van der Waals surface area contributed by atoms with Gasteiger partial charge in [0.2, 0.25) is 0 Å². The molecule has 2 aliphatic rings. The van der Waals surface area contributed by atoms with Crippen LogP contribution in [0, 0.1) is 0 Å². The lowest BCUT2D eigenvalue weighted by atomic mass is 9.96. The van der Waals surface area contributed by atoms with Crippen LogP contribution >= 0.6 is 0 Å². The highest BCUT2D eigenvalue weighted by Gasteiger charge is 2.35. The molecule has 16 heavy (non-hydrogen) atoms. The minimum Gasteiger partial charge on any atom is -0.497 e. The summed E-state index contributed by atoms with van der Waals surface area (Å²) in [5.41, 5.74) is 8.88. The molecule has 0 spiro atoms. The van der Waals surface area contributed by atoms with Crippen LogP contribution in [0.5, 0.6) is 5.75 Å². The van der Waals surface area contributed by atoms with Crippen LogP contribution in [-0.2, 0) is 6.42 Å². The lowest BCUT2D eigenvalue weighted by Gasteiger charge is -2.36. The van der Waals surface area contributed by atoms with E-state index >= 15 is 0 Å². The van der Waals surface area contributed by atoms with E-state index in [0.717, 1.165) is 12.2 Å². The number of rotatable bonds is 1. The zero-order valence-electron chi connectivity index (χ0n) is 9.65. The van der Waals surface area contributed by atoms with Gasteiger partial charge in [-0.25, -0.2) is 0 Å². The van der Waals surface area contributed by atoms with Gasteiger partial charge in [0.1, 0.15) is 5.75 Å². The molecule has 1 saturated heterocycles. The molecule has 1 aromatic carbocycles. The van der Waals surface area contributed by atoms with Gasteiger partial charge in [0, 0.05) is 17.8 Å².